The fourth-order valence-electron chi connectivity index (χ4n) is 2.44. The van der Waals surface area contributed by atoms with E-state index in [1.807, 2.05) is 36.0 Å². The van der Waals surface area contributed by atoms with Gasteiger partial charge in [-0.15, -0.1) is 0 Å². The van der Waals surface area contributed by atoms with Gasteiger partial charge < -0.3 is 10.5 Å². The summed E-state index contributed by atoms with van der Waals surface area (Å²) >= 11 is 0. The maximum Gasteiger partial charge on any atom is 0.125 e. The third kappa shape index (κ3) is 2.24. The number of nitrogens with two attached hydrogens (primary N) is 1. The zero-order valence-electron chi connectivity index (χ0n) is 11.3. The van der Waals surface area contributed by atoms with Crippen molar-refractivity contribution in [2.24, 2.45) is 5.73 Å². The molecule has 1 aliphatic carbocycles. The lowest BCUT2D eigenvalue weighted by molar-refractivity contribution is 0.406. The molecule has 0 saturated heterocycles. The van der Waals surface area contributed by atoms with Gasteiger partial charge in [0.05, 0.1) is 18.5 Å². The van der Waals surface area contributed by atoms with Gasteiger partial charge in [-0.3, -0.25) is 0 Å². The number of benzene rings is 1. The Morgan fingerprint density at radius 3 is 2.79 bits per heavy atom. The fourth-order valence-corrected chi connectivity index (χ4v) is 2.44. The quantitative estimate of drug-likeness (QED) is 0.916. The molecule has 1 aromatic carbocycles. The van der Waals surface area contributed by atoms with Gasteiger partial charge in [0.2, 0.25) is 0 Å². The Labute approximate surface area is 113 Å². The normalized spacial score (nSPS) is 16.4. The van der Waals surface area contributed by atoms with Crippen molar-refractivity contribution in [3.63, 3.8) is 0 Å². The van der Waals surface area contributed by atoms with Crippen molar-refractivity contribution in [2.45, 2.75) is 31.7 Å². The summed E-state index contributed by atoms with van der Waals surface area (Å²) in [6.45, 7) is 1.96. The van der Waals surface area contributed by atoms with Crippen molar-refractivity contribution in [1.29, 1.82) is 0 Å². The summed E-state index contributed by atoms with van der Waals surface area (Å²) in [5, 5.41) is 4.67. The van der Waals surface area contributed by atoms with Gasteiger partial charge in [-0.25, -0.2) is 4.68 Å². The summed E-state index contributed by atoms with van der Waals surface area (Å²) in [5.74, 6) is 1.47. The van der Waals surface area contributed by atoms with E-state index in [9.17, 15) is 0 Å². The van der Waals surface area contributed by atoms with Crippen LogP contribution in [0.4, 0.5) is 0 Å². The van der Waals surface area contributed by atoms with Gasteiger partial charge in [-0.05, 0) is 38.0 Å². The van der Waals surface area contributed by atoms with Crippen molar-refractivity contribution in [3.05, 3.63) is 41.7 Å². The highest BCUT2D eigenvalue weighted by Gasteiger charge is 2.26. The summed E-state index contributed by atoms with van der Waals surface area (Å²) in [6, 6.07) is 7.94. The Bertz CT molecular complexity index is 585. The molecule has 100 valence electrons. The number of rotatable bonds is 4. The summed E-state index contributed by atoms with van der Waals surface area (Å²) in [7, 11) is 1.67. The van der Waals surface area contributed by atoms with E-state index in [0.717, 1.165) is 17.0 Å². The van der Waals surface area contributed by atoms with E-state index in [1.54, 1.807) is 7.11 Å². The number of ether oxygens (including phenoxy) is 1. The third-order valence-corrected chi connectivity index (χ3v) is 3.57. The summed E-state index contributed by atoms with van der Waals surface area (Å²) < 4.78 is 7.33. The summed E-state index contributed by atoms with van der Waals surface area (Å²) in [4.78, 5) is 0. The van der Waals surface area contributed by atoms with Gasteiger partial charge in [-0.2, -0.15) is 5.10 Å². The van der Waals surface area contributed by atoms with Gasteiger partial charge in [-0.1, -0.05) is 6.07 Å². The van der Waals surface area contributed by atoms with Gasteiger partial charge in [0.1, 0.15) is 5.75 Å². The van der Waals surface area contributed by atoms with Gasteiger partial charge in [0, 0.05) is 23.7 Å². The zero-order valence-corrected chi connectivity index (χ0v) is 11.3. The smallest absolute Gasteiger partial charge is 0.125 e. The third-order valence-electron chi connectivity index (χ3n) is 3.57. The molecule has 1 fully saturated rings. The Morgan fingerprint density at radius 1 is 1.37 bits per heavy atom. The average molecular weight is 257 g/mol. The van der Waals surface area contributed by atoms with Crippen LogP contribution < -0.4 is 10.5 Å². The lowest BCUT2D eigenvalue weighted by Gasteiger charge is -2.16. The van der Waals surface area contributed by atoms with Crippen molar-refractivity contribution in [1.82, 2.24) is 9.78 Å². The highest BCUT2D eigenvalue weighted by molar-refractivity contribution is 5.51. The molecule has 2 N–H and O–H groups in total. The second kappa shape index (κ2) is 4.70. The molecule has 0 spiro atoms. The molecule has 0 aliphatic heterocycles. The SMILES string of the molecule is COc1cccc(-n2ccc(C3CC3)n2)c1[C@H](C)N. The number of nitrogens with zero attached hydrogens (tertiary/aromatic N) is 2. The average Bonchev–Trinajstić information content (AvgIpc) is 3.15. The van der Waals surface area contributed by atoms with Crippen molar-refractivity contribution in [2.75, 3.05) is 7.11 Å². The van der Waals surface area contributed by atoms with E-state index in [4.69, 9.17) is 10.5 Å². The molecule has 0 unspecified atom stereocenters. The largest absolute Gasteiger partial charge is 0.496 e. The van der Waals surface area contributed by atoms with Crippen LogP contribution in [0.15, 0.2) is 30.5 Å². The molecule has 4 heteroatoms. The lowest BCUT2D eigenvalue weighted by Crippen LogP contribution is -2.12. The first-order valence-corrected chi connectivity index (χ1v) is 6.69. The standard InChI is InChI=1S/C15H19N3O/c1-10(16)15-13(4-3-5-14(15)19-2)18-9-8-12(17-18)11-6-7-11/h3-5,8-11H,6-7,16H2,1-2H3/t10-/m0/s1. The number of aromatic nitrogens is 2. The van der Waals surface area contributed by atoms with Crippen LogP contribution in [0.5, 0.6) is 5.75 Å². The Balaban J connectivity index is 2.07. The maximum atomic E-state index is 6.09. The van der Waals surface area contributed by atoms with Crippen LogP contribution in [-0.2, 0) is 0 Å². The molecule has 0 radical (unpaired) electrons. The first kappa shape index (κ1) is 12.2. The molecular weight excluding hydrogens is 238 g/mol. The maximum absolute atomic E-state index is 6.09. The van der Waals surface area contributed by atoms with E-state index in [0.29, 0.717) is 5.92 Å². The number of hydrogen-bond acceptors (Lipinski definition) is 3. The Kier molecular flexibility index (Phi) is 3.03. The highest BCUT2D eigenvalue weighted by atomic mass is 16.5. The second-order valence-electron chi connectivity index (χ2n) is 5.14. The zero-order chi connectivity index (χ0) is 13.4. The van der Waals surface area contributed by atoms with E-state index in [1.165, 1.54) is 18.5 Å². The molecular formula is C15H19N3O. The van der Waals surface area contributed by atoms with Crippen molar-refractivity contribution >= 4 is 0 Å². The Hall–Kier alpha value is -1.81. The topological polar surface area (TPSA) is 53.1 Å². The predicted octanol–water partition coefficient (Wildman–Crippen LogP) is 2.78. The molecule has 3 rings (SSSR count). The molecule has 1 saturated carbocycles. The summed E-state index contributed by atoms with van der Waals surface area (Å²) in [6.07, 6.45) is 4.53. The van der Waals surface area contributed by atoms with Gasteiger partial charge >= 0.3 is 0 Å². The Morgan fingerprint density at radius 2 is 2.16 bits per heavy atom. The minimum atomic E-state index is -0.0975. The van der Waals surface area contributed by atoms with Crippen molar-refractivity contribution < 1.29 is 4.74 Å². The molecule has 1 heterocycles. The van der Waals surface area contributed by atoms with E-state index in [2.05, 4.69) is 11.2 Å². The first-order valence-electron chi connectivity index (χ1n) is 6.69. The van der Waals surface area contributed by atoms with Crippen LogP contribution >= 0.6 is 0 Å². The molecule has 2 aromatic rings. The van der Waals surface area contributed by atoms with Gasteiger partial charge in [0.15, 0.2) is 0 Å². The monoisotopic (exact) mass is 257 g/mol. The van der Waals surface area contributed by atoms with Crippen LogP contribution in [0.2, 0.25) is 0 Å². The van der Waals surface area contributed by atoms with Crippen LogP contribution in [-0.4, -0.2) is 16.9 Å². The van der Waals surface area contributed by atoms with Crippen LogP contribution in [0.3, 0.4) is 0 Å². The molecule has 1 aliphatic rings. The molecule has 0 bridgehead atoms. The van der Waals surface area contributed by atoms with E-state index < -0.39 is 0 Å². The van der Waals surface area contributed by atoms with Crippen LogP contribution in [0.25, 0.3) is 5.69 Å². The lowest BCUT2D eigenvalue weighted by atomic mass is 10.1. The fraction of sp³-hybridized carbons (Fsp3) is 0.400. The molecule has 1 atom stereocenters. The number of hydrogen-bond donors (Lipinski definition) is 1. The summed E-state index contributed by atoms with van der Waals surface area (Å²) in [5.41, 5.74) is 9.26. The minimum Gasteiger partial charge on any atom is -0.496 e. The van der Waals surface area contributed by atoms with E-state index >= 15 is 0 Å². The minimum absolute atomic E-state index is 0.0975. The second-order valence-corrected chi connectivity index (χ2v) is 5.14. The predicted molar refractivity (Wildman–Crippen MR) is 74.7 cm³/mol. The van der Waals surface area contributed by atoms with Crippen molar-refractivity contribution in [3.8, 4) is 11.4 Å². The first-order chi connectivity index (χ1) is 9.20. The molecule has 19 heavy (non-hydrogen) atoms. The molecule has 1 aromatic heterocycles. The highest BCUT2D eigenvalue weighted by Crippen LogP contribution is 2.39. The van der Waals surface area contributed by atoms with Gasteiger partial charge in [0.25, 0.3) is 0 Å². The van der Waals surface area contributed by atoms with Crippen LogP contribution in [0.1, 0.15) is 43.0 Å². The molecule has 0 amide bonds. The number of methoxy groups -OCH3 is 1. The van der Waals surface area contributed by atoms with Crippen LogP contribution in [0, 0.1) is 0 Å². The molecule has 4 nitrogen and oxygen atoms in total. The van der Waals surface area contributed by atoms with E-state index in [-0.39, 0.29) is 6.04 Å².